The molecule has 0 aromatic heterocycles. The molecule has 2 aromatic carbocycles. The van der Waals surface area contributed by atoms with Gasteiger partial charge in [0.15, 0.2) is 12.3 Å². The van der Waals surface area contributed by atoms with Gasteiger partial charge in [0.2, 0.25) is 0 Å². The zero-order valence-corrected chi connectivity index (χ0v) is 16.1. The molecule has 0 aliphatic carbocycles. The minimum atomic E-state index is -4.51. The van der Waals surface area contributed by atoms with E-state index in [4.69, 9.17) is 0 Å². The number of ketones is 1. The van der Waals surface area contributed by atoms with Crippen LogP contribution in [0.1, 0.15) is 22.8 Å². The molecule has 0 atom stereocenters. The summed E-state index contributed by atoms with van der Waals surface area (Å²) < 4.78 is 39.2. The SMILES string of the molecule is CC(=O)c1ccc(N2CC[NH+](CC(=O)Nc3ccccc3C(F)(F)F)CC2)cc1. The second kappa shape index (κ2) is 8.65. The van der Waals surface area contributed by atoms with Crippen molar-refractivity contribution in [3.8, 4) is 0 Å². The van der Waals surface area contributed by atoms with Crippen molar-refractivity contribution in [2.24, 2.45) is 0 Å². The predicted octanol–water partition coefficient (Wildman–Crippen LogP) is 2.25. The average molecular weight is 406 g/mol. The van der Waals surface area contributed by atoms with E-state index < -0.39 is 17.6 Å². The maximum absolute atomic E-state index is 13.1. The average Bonchev–Trinajstić information content (AvgIpc) is 2.68. The topological polar surface area (TPSA) is 53.9 Å². The number of halogens is 3. The van der Waals surface area contributed by atoms with Crippen LogP contribution < -0.4 is 15.1 Å². The van der Waals surface area contributed by atoms with Gasteiger partial charge in [0.25, 0.3) is 5.91 Å². The highest BCUT2D eigenvalue weighted by molar-refractivity contribution is 5.94. The third-order valence-corrected chi connectivity index (χ3v) is 5.03. The fourth-order valence-electron chi connectivity index (χ4n) is 3.43. The summed E-state index contributed by atoms with van der Waals surface area (Å²) in [5.74, 6) is -0.417. The first-order chi connectivity index (χ1) is 13.7. The van der Waals surface area contributed by atoms with Gasteiger partial charge in [0, 0.05) is 11.3 Å². The first-order valence-electron chi connectivity index (χ1n) is 9.39. The summed E-state index contributed by atoms with van der Waals surface area (Å²) in [4.78, 5) is 26.8. The molecule has 1 aliphatic heterocycles. The molecule has 0 saturated carbocycles. The maximum Gasteiger partial charge on any atom is 0.418 e. The van der Waals surface area contributed by atoms with Crippen molar-refractivity contribution in [1.82, 2.24) is 0 Å². The number of rotatable bonds is 5. The minimum Gasteiger partial charge on any atom is -0.360 e. The van der Waals surface area contributed by atoms with Crippen molar-refractivity contribution >= 4 is 23.1 Å². The molecular formula is C21H23F3N3O2+. The number of hydrogen-bond donors (Lipinski definition) is 2. The van der Waals surface area contributed by atoms with Crippen LogP contribution in [-0.4, -0.2) is 44.4 Å². The smallest absolute Gasteiger partial charge is 0.360 e. The highest BCUT2D eigenvalue weighted by atomic mass is 19.4. The van der Waals surface area contributed by atoms with Crippen molar-refractivity contribution < 1.29 is 27.7 Å². The van der Waals surface area contributed by atoms with Crippen molar-refractivity contribution in [3.63, 3.8) is 0 Å². The standard InChI is InChI=1S/C21H22F3N3O2/c1-15(28)16-6-8-17(9-7-16)27-12-10-26(11-13-27)14-20(29)25-19-5-3-2-4-18(19)21(22,23)24/h2-9H,10-14H2,1H3,(H,25,29)/p+1. The van der Waals surface area contributed by atoms with Crippen LogP contribution >= 0.6 is 0 Å². The fourth-order valence-corrected chi connectivity index (χ4v) is 3.43. The lowest BCUT2D eigenvalue weighted by Gasteiger charge is -2.33. The Hall–Kier alpha value is -2.87. The molecule has 2 aromatic rings. The van der Waals surface area contributed by atoms with Gasteiger partial charge >= 0.3 is 6.18 Å². The summed E-state index contributed by atoms with van der Waals surface area (Å²) in [6.45, 7) is 4.48. The highest BCUT2D eigenvalue weighted by Crippen LogP contribution is 2.34. The predicted molar refractivity (Wildman–Crippen MR) is 104 cm³/mol. The third-order valence-electron chi connectivity index (χ3n) is 5.03. The summed E-state index contributed by atoms with van der Waals surface area (Å²) in [5.41, 5.74) is 0.613. The second-order valence-electron chi connectivity index (χ2n) is 7.11. The monoisotopic (exact) mass is 406 g/mol. The van der Waals surface area contributed by atoms with Gasteiger partial charge in [-0.2, -0.15) is 13.2 Å². The lowest BCUT2D eigenvalue weighted by Crippen LogP contribution is -3.15. The first-order valence-corrected chi connectivity index (χ1v) is 9.39. The van der Waals surface area contributed by atoms with Crippen LogP contribution in [0.3, 0.4) is 0 Å². The highest BCUT2D eigenvalue weighted by Gasteiger charge is 2.34. The molecule has 1 fully saturated rings. The van der Waals surface area contributed by atoms with Gasteiger partial charge in [-0.1, -0.05) is 12.1 Å². The normalized spacial score (nSPS) is 15.2. The van der Waals surface area contributed by atoms with Crippen LogP contribution in [0.2, 0.25) is 0 Å². The van der Waals surface area contributed by atoms with Gasteiger partial charge < -0.3 is 15.1 Å². The number of amides is 1. The summed E-state index contributed by atoms with van der Waals surface area (Å²) >= 11 is 0. The Kier molecular flexibility index (Phi) is 6.22. The Morgan fingerprint density at radius 2 is 1.66 bits per heavy atom. The molecule has 1 amide bonds. The molecule has 5 nitrogen and oxygen atoms in total. The lowest BCUT2D eigenvalue weighted by atomic mass is 10.1. The number of carbonyl (C=O) groups is 2. The van der Waals surface area contributed by atoms with Crippen molar-refractivity contribution in [1.29, 1.82) is 0 Å². The number of quaternary nitrogens is 1. The first kappa shape index (κ1) is 20.9. The molecule has 0 unspecified atom stereocenters. The fraction of sp³-hybridized carbons (Fsp3) is 0.333. The van der Waals surface area contributed by atoms with Crippen LogP contribution in [0.4, 0.5) is 24.5 Å². The van der Waals surface area contributed by atoms with E-state index in [1.54, 1.807) is 12.1 Å². The number of piperazine rings is 1. The Bertz CT molecular complexity index is 873. The number of nitrogens with zero attached hydrogens (tertiary/aromatic N) is 1. The zero-order chi connectivity index (χ0) is 21.0. The van der Waals surface area contributed by atoms with E-state index in [9.17, 15) is 22.8 Å². The molecule has 0 bridgehead atoms. The largest absolute Gasteiger partial charge is 0.418 e. The van der Waals surface area contributed by atoms with E-state index >= 15 is 0 Å². The quantitative estimate of drug-likeness (QED) is 0.749. The van der Waals surface area contributed by atoms with Gasteiger partial charge in [0.05, 0.1) is 37.4 Å². The maximum atomic E-state index is 13.1. The molecule has 0 spiro atoms. The molecule has 0 radical (unpaired) electrons. The van der Waals surface area contributed by atoms with Crippen molar-refractivity contribution in [3.05, 3.63) is 59.7 Å². The number of benzene rings is 2. The summed E-state index contributed by atoms with van der Waals surface area (Å²) in [5, 5.41) is 2.40. The Balaban J connectivity index is 1.53. The molecule has 1 heterocycles. The molecule has 3 rings (SSSR count). The number of carbonyl (C=O) groups excluding carboxylic acids is 2. The Morgan fingerprint density at radius 1 is 1.03 bits per heavy atom. The van der Waals surface area contributed by atoms with Crippen LogP contribution in [-0.2, 0) is 11.0 Å². The van der Waals surface area contributed by atoms with E-state index in [0.29, 0.717) is 18.7 Å². The van der Waals surface area contributed by atoms with Crippen molar-refractivity contribution in [2.75, 3.05) is 42.9 Å². The molecule has 29 heavy (non-hydrogen) atoms. The molecule has 8 heteroatoms. The Morgan fingerprint density at radius 3 is 2.24 bits per heavy atom. The second-order valence-corrected chi connectivity index (χ2v) is 7.11. The van der Waals surface area contributed by atoms with Crippen LogP contribution in [0, 0.1) is 0 Å². The number of nitrogens with one attached hydrogen (secondary N) is 2. The zero-order valence-electron chi connectivity index (χ0n) is 16.1. The summed E-state index contributed by atoms with van der Waals surface area (Å²) in [7, 11) is 0. The van der Waals surface area contributed by atoms with Crippen LogP contribution in [0.5, 0.6) is 0 Å². The van der Waals surface area contributed by atoms with Gasteiger partial charge in [-0.3, -0.25) is 9.59 Å². The Labute approximate surface area is 167 Å². The number of Topliss-reactive ketones (excluding diaryl/α,β-unsaturated/α-hetero) is 1. The van der Waals surface area contributed by atoms with E-state index in [-0.39, 0.29) is 18.0 Å². The number of para-hydroxylation sites is 1. The minimum absolute atomic E-state index is 0.0175. The molecule has 1 aliphatic rings. The van der Waals surface area contributed by atoms with Crippen LogP contribution in [0.25, 0.3) is 0 Å². The van der Waals surface area contributed by atoms with Crippen molar-refractivity contribution in [2.45, 2.75) is 13.1 Å². The molecule has 2 N–H and O–H groups in total. The van der Waals surface area contributed by atoms with Gasteiger partial charge in [0.1, 0.15) is 0 Å². The van der Waals surface area contributed by atoms with E-state index in [1.165, 1.54) is 25.1 Å². The summed E-state index contributed by atoms with van der Waals surface area (Å²) in [6, 6.07) is 12.4. The van der Waals surface area contributed by atoms with E-state index in [1.807, 2.05) is 12.1 Å². The molecule has 154 valence electrons. The molecular weight excluding hydrogens is 383 g/mol. The summed E-state index contributed by atoms with van der Waals surface area (Å²) in [6.07, 6.45) is -4.51. The number of anilines is 2. The van der Waals surface area contributed by atoms with E-state index in [2.05, 4.69) is 10.2 Å². The van der Waals surface area contributed by atoms with E-state index in [0.717, 1.165) is 29.7 Å². The number of alkyl halides is 3. The van der Waals surface area contributed by atoms with Crippen LogP contribution in [0.15, 0.2) is 48.5 Å². The van der Waals surface area contributed by atoms with Gasteiger partial charge in [-0.15, -0.1) is 0 Å². The molecule has 1 saturated heterocycles. The third kappa shape index (κ3) is 5.35. The lowest BCUT2D eigenvalue weighted by molar-refractivity contribution is -0.892. The van der Waals surface area contributed by atoms with Gasteiger partial charge in [-0.25, -0.2) is 0 Å². The van der Waals surface area contributed by atoms with Gasteiger partial charge in [-0.05, 0) is 43.3 Å². The number of hydrogen-bond acceptors (Lipinski definition) is 3.